The van der Waals surface area contributed by atoms with Gasteiger partial charge in [-0.25, -0.2) is 9.18 Å². The summed E-state index contributed by atoms with van der Waals surface area (Å²) in [6, 6.07) is 12.2. The van der Waals surface area contributed by atoms with Gasteiger partial charge in [-0.2, -0.15) is 0 Å². The number of carbonyl (C=O) groups is 2. The van der Waals surface area contributed by atoms with Gasteiger partial charge in [-0.05, 0) is 37.3 Å². The van der Waals surface area contributed by atoms with Crippen molar-refractivity contribution in [2.75, 3.05) is 23.4 Å². The van der Waals surface area contributed by atoms with Crippen molar-refractivity contribution in [2.24, 2.45) is 0 Å². The molecular formula is C19H20FN3O3. The third kappa shape index (κ3) is 4.11. The molecule has 1 heterocycles. The third-order valence-electron chi connectivity index (χ3n) is 4.02. The van der Waals surface area contributed by atoms with Crippen molar-refractivity contribution in [1.29, 1.82) is 0 Å². The number of halogens is 1. The van der Waals surface area contributed by atoms with E-state index in [4.69, 9.17) is 4.74 Å². The van der Waals surface area contributed by atoms with Gasteiger partial charge in [0.2, 0.25) is 5.91 Å². The molecule has 0 saturated carbocycles. The highest BCUT2D eigenvalue weighted by Crippen LogP contribution is 2.24. The van der Waals surface area contributed by atoms with Crippen LogP contribution in [0.2, 0.25) is 0 Å². The van der Waals surface area contributed by atoms with E-state index in [1.165, 1.54) is 17.0 Å². The molecule has 0 radical (unpaired) electrons. The topological polar surface area (TPSA) is 70.7 Å². The first-order valence-corrected chi connectivity index (χ1v) is 8.42. The van der Waals surface area contributed by atoms with Gasteiger partial charge in [0.25, 0.3) is 0 Å². The van der Waals surface area contributed by atoms with E-state index < -0.39 is 11.8 Å². The van der Waals surface area contributed by atoms with E-state index in [1.807, 2.05) is 13.0 Å². The molecule has 1 atom stereocenters. The summed E-state index contributed by atoms with van der Waals surface area (Å²) >= 11 is 0. The maximum atomic E-state index is 13.4. The summed E-state index contributed by atoms with van der Waals surface area (Å²) in [5, 5.41) is 5.52. The number of hydrogen-bond acceptors (Lipinski definition) is 3. The van der Waals surface area contributed by atoms with Gasteiger partial charge < -0.3 is 20.3 Å². The summed E-state index contributed by atoms with van der Waals surface area (Å²) in [7, 11) is 0. The van der Waals surface area contributed by atoms with Gasteiger partial charge in [-0.1, -0.05) is 18.2 Å². The number of nitrogens with one attached hydrogen (secondary N) is 2. The van der Waals surface area contributed by atoms with E-state index >= 15 is 0 Å². The van der Waals surface area contributed by atoms with Crippen molar-refractivity contribution < 1.29 is 18.7 Å². The summed E-state index contributed by atoms with van der Waals surface area (Å²) in [6.45, 7) is 2.64. The quantitative estimate of drug-likeness (QED) is 0.864. The van der Waals surface area contributed by atoms with Crippen LogP contribution in [0.25, 0.3) is 0 Å². The molecule has 1 fully saturated rings. The number of carbonyl (C=O) groups excluding carboxylic acids is 2. The Kier molecular flexibility index (Phi) is 5.36. The second kappa shape index (κ2) is 7.86. The minimum Gasteiger partial charge on any atom is -0.492 e. The van der Waals surface area contributed by atoms with Crippen molar-refractivity contribution in [3.8, 4) is 5.75 Å². The van der Waals surface area contributed by atoms with Crippen molar-refractivity contribution >= 4 is 23.3 Å². The Morgan fingerprint density at radius 1 is 1.27 bits per heavy atom. The Bertz CT molecular complexity index is 812. The van der Waals surface area contributed by atoms with Gasteiger partial charge in [0.15, 0.2) is 0 Å². The summed E-state index contributed by atoms with van der Waals surface area (Å²) < 4.78 is 18.8. The molecule has 3 amide bonds. The van der Waals surface area contributed by atoms with E-state index in [9.17, 15) is 14.0 Å². The zero-order valence-corrected chi connectivity index (χ0v) is 14.4. The van der Waals surface area contributed by atoms with Crippen LogP contribution in [-0.2, 0) is 4.79 Å². The zero-order chi connectivity index (χ0) is 18.5. The van der Waals surface area contributed by atoms with Crippen LogP contribution in [0.15, 0.2) is 48.5 Å². The molecule has 2 N–H and O–H groups in total. The predicted octanol–water partition coefficient (Wildman–Crippen LogP) is 3.15. The fraction of sp³-hybridized carbons (Fsp3) is 0.263. The standard InChI is InChI=1S/C19H20FN3O3/c1-2-26-17-9-4-3-8-16(17)22-19(25)21-14-11-18(24)23(12-14)15-7-5-6-13(20)10-15/h3-10,14H,2,11-12H2,1H3,(H2,21,22,25)/t14-/m1/s1. The van der Waals surface area contributed by atoms with Gasteiger partial charge in [0, 0.05) is 18.7 Å². The molecule has 1 aliphatic rings. The minimum atomic E-state index is -0.420. The van der Waals surface area contributed by atoms with Gasteiger partial charge >= 0.3 is 6.03 Å². The van der Waals surface area contributed by atoms with Crippen LogP contribution < -0.4 is 20.3 Å². The molecule has 1 aliphatic heterocycles. The Morgan fingerprint density at radius 2 is 2.08 bits per heavy atom. The Balaban J connectivity index is 1.61. The van der Waals surface area contributed by atoms with E-state index in [-0.39, 0.29) is 18.4 Å². The fourth-order valence-corrected chi connectivity index (χ4v) is 2.89. The maximum absolute atomic E-state index is 13.4. The second-order valence-electron chi connectivity index (χ2n) is 5.91. The first-order chi connectivity index (χ1) is 12.6. The average Bonchev–Trinajstić information content (AvgIpc) is 2.97. The van der Waals surface area contributed by atoms with E-state index in [2.05, 4.69) is 10.6 Å². The SMILES string of the molecule is CCOc1ccccc1NC(=O)N[C@@H]1CC(=O)N(c2cccc(F)c2)C1. The monoisotopic (exact) mass is 357 g/mol. The van der Waals surface area contributed by atoms with Crippen LogP contribution in [0.4, 0.5) is 20.6 Å². The lowest BCUT2D eigenvalue weighted by Gasteiger charge is -2.18. The lowest BCUT2D eigenvalue weighted by molar-refractivity contribution is -0.117. The normalized spacial score (nSPS) is 16.5. The average molecular weight is 357 g/mol. The molecule has 136 valence electrons. The van der Waals surface area contributed by atoms with Crippen LogP contribution >= 0.6 is 0 Å². The summed E-state index contributed by atoms with van der Waals surface area (Å²) in [4.78, 5) is 25.9. The number of amides is 3. The minimum absolute atomic E-state index is 0.157. The molecule has 0 unspecified atom stereocenters. The van der Waals surface area contributed by atoms with Gasteiger partial charge in [-0.15, -0.1) is 0 Å². The molecule has 0 aromatic heterocycles. The van der Waals surface area contributed by atoms with E-state index in [1.54, 1.807) is 30.3 Å². The van der Waals surface area contributed by atoms with Gasteiger partial charge in [0.1, 0.15) is 11.6 Å². The third-order valence-corrected chi connectivity index (χ3v) is 4.02. The van der Waals surface area contributed by atoms with Gasteiger partial charge in [-0.3, -0.25) is 4.79 Å². The van der Waals surface area contributed by atoms with Crippen molar-refractivity contribution in [2.45, 2.75) is 19.4 Å². The number of hydrogen-bond donors (Lipinski definition) is 2. The largest absolute Gasteiger partial charge is 0.492 e. The molecule has 2 aromatic rings. The van der Waals surface area contributed by atoms with Gasteiger partial charge in [0.05, 0.1) is 18.3 Å². The highest BCUT2D eigenvalue weighted by atomic mass is 19.1. The summed E-state index contributed by atoms with van der Waals surface area (Å²) in [6.07, 6.45) is 0.164. The Labute approximate surface area is 150 Å². The van der Waals surface area contributed by atoms with Crippen LogP contribution in [0.1, 0.15) is 13.3 Å². The maximum Gasteiger partial charge on any atom is 0.319 e. The van der Waals surface area contributed by atoms with E-state index in [0.717, 1.165) is 0 Å². The van der Waals surface area contributed by atoms with Crippen LogP contribution in [0, 0.1) is 5.82 Å². The zero-order valence-electron chi connectivity index (χ0n) is 14.4. The number of nitrogens with zero attached hydrogens (tertiary/aromatic N) is 1. The molecule has 6 nitrogen and oxygen atoms in total. The van der Waals surface area contributed by atoms with E-state index in [0.29, 0.717) is 30.3 Å². The highest BCUT2D eigenvalue weighted by molar-refractivity contribution is 5.97. The number of rotatable bonds is 5. The lowest BCUT2D eigenvalue weighted by atomic mass is 10.2. The summed E-state index contributed by atoms with van der Waals surface area (Å²) in [5.74, 6) is 0.0154. The Morgan fingerprint density at radius 3 is 2.85 bits per heavy atom. The van der Waals surface area contributed by atoms with Crippen molar-refractivity contribution in [3.05, 3.63) is 54.3 Å². The predicted molar refractivity (Wildman–Crippen MR) is 96.9 cm³/mol. The smallest absolute Gasteiger partial charge is 0.319 e. The lowest BCUT2D eigenvalue weighted by Crippen LogP contribution is -2.39. The highest BCUT2D eigenvalue weighted by Gasteiger charge is 2.31. The molecular weight excluding hydrogens is 337 g/mol. The Hall–Kier alpha value is -3.09. The first kappa shape index (κ1) is 17.7. The molecule has 2 aromatic carbocycles. The molecule has 26 heavy (non-hydrogen) atoms. The number of urea groups is 1. The molecule has 0 bridgehead atoms. The summed E-state index contributed by atoms with van der Waals surface area (Å²) in [5.41, 5.74) is 1.04. The number of ether oxygens (including phenoxy) is 1. The van der Waals surface area contributed by atoms with Crippen LogP contribution in [-0.4, -0.2) is 31.1 Å². The molecule has 3 rings (SSSR count). The number of anilines is 2. The van der Waals surface area contributed by atoms with Crippen LogP contribution in [0.3, 0.4) is 0 Å². The first-order valence-electron chi connectivity index (χ1n) is 8.42. The second-order valence-corrected chi connectivity index (χ2v) is 5.91. The number of para-hydroxylation sites is 2. The molecule has 7 heteroatoms. The van der Waals surface area contributed by atoms with Crippen molar-refractivity contribution in [3.63, 3.8) is 0 Å². The fourth-order valence-electron chi connectivity index (χ4n) is 2.89. The molecule has 1 saturated heterocycles. The van der Waals surface area contributed by atoms with Crippen molar-refractivity contribution in [1.82, 2.24) is 5.32 Å². The van der Waals surface area contributed by atoms with Crippen LogP contribution in [0.5, 0.6) is 5.75 Å². The number of benzene rings is 2. The molecule has 0 spiro atoms. The molecule has 0 aliphatic carbocycles.